The first kappa shape index (κ1) is 24.1. The molecule has 3 amide bonds. The van der Waals surface area contributed by atoms with Crippen LogP contribution in [-0.2, 0) is 4.79 Å². The molecule has 0 spiro atoms. The number of anilines is 1. The molecule has 3 aromatic carbocycles. The minimum atomic E-state index is -0.509. The maximum atomic E-state index is 12.4. The second kappa shape index (κ2) is 11.3. The molecule has 0 radical (unpaired) electrons. The van der Waals surface area contributed by atoms with Gasteiger partial charge in [0.1, 0.15) is 0 Å². The van der Waals surface area contributed by atoms with E-state index in [9.17, 15) is 14.4 Å². The van der Waals surface area contributed by atoms with Gasteiger partial charge in [0.25, 0.3) is 17.7 Å². The first-order valence-corrected chi connectivity index (χ1v) is 10.4. The number of nitrogens with one attached hydrogen (secondary N) is 3. The Hall–Kier alpha value is -4.59. The van der Waals surface area contributed by atoms with E-state index in [0.29, 0.717) is 28.3 Å². The van der Waals surface area contributed by atoms with Gasteiger partial charge in [-0.15, -0.1) is 0 Å². The lowest BCUT2D eigenvalue weighted by molar-refractivity contribution is -0.117. The van der Waals surface area contributed by atoms with Crippen LogP contribution in [0.1, 0.15) is 31.8 Å². The topological polar surface area (TPSA) is 106 Å². The molecule has 0 aromatic heterocycles. The third-order valence-electron chi connectivity index (χ3n) is 4.93. The van der Waals surface area contributed by atoms with E-state index in [1.165, 1.54) is 13.2 Å². The van der Waals surface area contributed by atoms with Gasteiger partial charge in [0.15, 0.2) is 11.5 Å². The lowest BCUT2D eigenvalue weighted by Gasteiger charge is -2.09. The van der Waals surface area contributed by atoms with Crippen LogP contribution in [0.4, 0.5) is 5.69 Å². The summed E-state index contributed by atoms with van der Waals surface area (Å²) >= 11 is 0. The highest BCUT2D eigenvalue weighted by Crippen LogP contribution is 2.27. The van der Waals surface area contributed by atoms with Crippen molar-refractivity contribution in [1.29, 1.82) is 0 Å². The number of ether oxygens (including phenoxy) is 2. The highest BCUT2D eigenvalue weighted by Gasteiger charge is 2.10. The fourth-order valence-corrected chi connectivity index (χ4v) is 3.09. The maximum Gasteiger partial charge on any atom is 0.269 e. The molecule has 8 nitrogen and oxygen atoms in total. The Bertz CT molecular complexity index is 1220. The van der Waals surface area contributed by atoms with E-state index in [4.69, 9.17) is 9.47 Å². The number of amides is 3. The summed E-state index contributed by atoms with van der Waals surface area (Å²) in [5.74, 6) is -0.118. The minimum Gasteiger partial charge on any atom is -0.493 e. The van der Waals surface area contributed by atoms with Gasteiger partial charge in [-0.3, -0.25) is 25.2 Å². The molecule has 34 heavy (non-hydrogen) atoms. The zero-order chi connectivity index (χ0) is 24.5. The molecule has 3 N–H and O–H groups in total. The van der Waals surface area contributed by atoms with Crippen LogP contribution in [0.3, 0.4) is 0 Å². The number of benzene rings is 3. The van der Waals surface area contributed by atoms with Crippen molar-refractivity contribution in [2.75, 3.05) is 19.5 Å². The Morgan fingerprint density at radius 3 is 2.18 bits per heavy atom. The predicted molar refractivity (Wildman–Crippen MR) is 130 cm³/mol. The molecule has 0 fully saturated rings. The summed E-state index contributed by atoms with van der Waals surface area (Å²) in [5.41, 5.74) is 7.71. The zero-order valence-electron chi connectivity index (χ0n) is 19.0. The number of hydrogen-bond donors (Lipinski definition) is 3. The summed E-state index contributed by atoms with van der Waals surface area (Å²) in [6.07, 6.45) is 2.86. The molecule has 8 heteroatoms. The molecule has 0 aliphatic carbocycles. The molecule has 0 aliphatic rings. The predicted octanol–water partition coefficient (Wildman–Crippen LogP) is 3.74. The highest BCUT2D eigenvalue weighted by atomic mass is 16.5. The Kier molecular flexibility index (Phi) is 8.02. The van der Waals surface area contributed by atoms with E-state index in [1.807, 2.05) is 19.1 Å². The van der Waals surface area contributed by atoms with E-state index in [1.54, 1.807) is 67.8 Å². The van der Waals surface area contributed by atoms with Crippen molar-refractivity contribution in [1.82, 2.24) is 10.9 Å². The van der Waals surface area contributed by atoms with E-state index in [-0.39, 0.29) is 5.91 Å². The Morgan fingerprint density at radius 2 is 1.50 bits per heavy atom. The lowest BCUT2D eigenvalue weighted by atomic mass is 10.1. The number of hydrazine groups is 1. The Morgan fingerprint density at radius 1 is 0.794 bits per heavy atom. The van der Waals surface area contributed by atoms with Gasteiger partial charge >= 0.3 is 0 Å². The molecular formula is C26H25N3O5. The van der Waals surface area contributed by atoms with Crippen LogP contribution in [-0.4, -0.2) is 31.9 Å². The van der Waals surface area contributed by atoms with E-state index < -0.39 is 11.8 Å². The first-order chi connectivity index (χ1) is 16.4. The number of aryl methyl sites for hydroxylation is 1. The smallest absolute Gasteiger partial charge is 0.269 e. The number of methoxy groups -OCH3 is 2. The highest BCUT2D eigenvalue weighted by molar-refractivity contribution is 6.05. The standard InChI is InChI=1S/C26H25N3O5/c1-17-6-4-5-7-21(17)26(32)27-20-12-10-19(11-13-20)25(31)29-28-24(30)15-9-18-8-14-22(33-2)23(16-18)34-3/h4-16H,1-3H3,(H,27,32)(H,28,30)(H,29,31). The lowest BCUT2D eigenvalue weighted by Crippen LogP contribution is -2.40. The van der Waals surface area contributed by atoms with Crippen molar-refractivity contribution in [3.8, 4) is 11.5 Å². The summed E-state index contributed by atoms with van der Waals surface area (Å²) in [5, 5.41) is 2.80. The van der Waals surface area contributed by atoms with Crippen molar-refractivity contribution in [3.63, 3.8) is 0 Å². The molecule has 0 aliphatic heterocycles. The van der Waals surface area contributed by atoms with Gasteiger partial charge < -0.3 is 14.8 Å². The third kappa shape index (κ3) is 6.23. The summed E-state index contributed by atoms with van der Waals surface area (Å²) in [7, 11) is 3.07. The monoisotopic (exact) mass is 459 g/mol. The summed E-state index contributed by atoms with van der Waals surface area (Å²) in [6.45, 7) is 1.86. The number of carbonyl (C=O) groups excluding carboxylic acids is 3. The molecule has 174 valence electrons. The average Bonchev–Trinajstić information content (AvgIpc) is 2.86. The van der Waals surface area contributed by atoms with Gasteiger partial charge in [-0.1, -0.05) is 24.3 Å². The zero-order valence-corrected chi connectivity index (χ0v) is 19.0. The fourth-order valence-electron chi connectivity index (χ4n) is 3.09. The quantitative estimate of drug-likeness (QED) is 0.369. The second-order valence-electron chi connectivity index (χ2n) is 7.24. The Labute approximate surface area is 197 Å². The van der Waals surface area contributed by atoms with Gasteiger partial charge in [0.2, 0.25) is 0 Å². The summed E-state index contributed by atoms with van der Waals surface area (Å²) < 4.78 is 10.4. The molecule has 0 unspecified atom stereocenters. The van der Waals surface area contributed by atoms with Crippen LogP contribution < -0.4 is 25.6 Å². The fraction of sp³-hybridized carbons (Fsp3) is 0.115. The Balaban J connectivity index is 1.52. The van der Waals surface area contributed by atoms with Gasteiger partial charge in [-0.25, -0.2) is 0 Å². The first-order valence-electron chi connectivity index (χ1n) is 10.4. The van der Waals surface area contributed by atoms with Gasteiger partial charge in [-0.05, 0) is 66.6 Å². The second-order valence-corrected chi connectivity index (χ2v) is 7.24. The van der Waals surface area contributed by atoms with Gasteiger partial charge in [0, 0.05) is 22.9 Å². The van der Waals surface area contributed by atoms with E-state index in [0.717, 1.165) is 11.1 Å². The van der Waals surface area contributed by atoms with Crippen LogP contribution in [0.5, 0.6) is 11.5 Å². The molecule has 0 atom stereocenters. The van der Waals surface area contributed by atoms with Crippen LogP contribution in [0.25, 0.3) is 6.08 Å². The largest absolute Gasteiger partial charge is 0.493 e. The van der Waals surface area contributed by atoms with Gasteiger partial charge in [0.05, 0.1) is 14.2 Å². The van der Waals surface area contributed by atoms with Gasteiger partial charge in [-0.2, -0.15) is 0 Å². The average molecular weight is 460 g/mol. The summed E-state index contributed by atoms with van der Waals surface area (Å²) in [4.78, 5) is 36.8. The molecule has 0 bridgehead atoms. The molecule has 3 aromatic rings. The normalized spacial score (nSPS) is 10.4. The van der Waals surface area contributed by atoms with Crippen molar-refractivity contribution in [2.45, 2.75) is 6.92 Å². The molecule has 0 saturated heterocycles. The van der Waals surface area contributed by atoms with Crippen LogP contribution >= 0.6 is 0 Å². The van der Waals surface area contributed by atoms with Crippen LogP contribution in [0.2, 0.25) is 0 Å². The molecule has 0 saturated carbocycles. The number of rotatable bonds is 7. The number of hydrogen-bond acceptors (Lipinski definition) is 5. The molecular weight excluding hydrogens is 434 g/mol. The third-order valence-corrected chi connectivity index (χ3v) is 4.93. The molecule has 3 rings (SSSR count). The van der Waals surface area contributed by atoms with Crippen LogP contribution in [0.15, 0.2) is 72.8 Å². The summed E-state index contributed by atoms with van der Waals surface area (Å²) in [6, 6.07) is 18.8. The van der Waals surface area contributed by atoms with Crippen molar-refractivity contribution in [2.24, 2.45) is 0 Å². The van der Waals surface area contributed by atoms with E-state index in [2.05, 4.69) is 16.2 Å². The van der Waals surface area contributed by atoms with Crippen molar-refractivity contribution in [3.05, 3.63) is 95.1 Å². The number of carbonyl (C=O) groups is 3. The molecule has 0 heterocycles. The van der Waals surface area contributed by atoms with Crippen LogP contribution in [0, 0.1) is 6.92 Å². The van der Waals surface area contributed by atoms with Crippen molar-refractivity contribution >= 4 is 29.5 Å². The maximum absolute atomic E-state index is 12.4. The SMILES string of the molecule is COc1ccc(C=CC(=O)NNC(=O)c2ccc(NC(=O)c3ccccc3C)cc2)cc1OC. The van der Waals surface area contributed by atoms with E-state index >= 15 is 0 Å². The van der Waals surface area contributed by atoms with Crippen molar-refractivity contribution < 1.29 is 23.9 Å². The minimum absolute atomic E-state index is 0.233.